The second-order valence-corrected chi connectivity index (χ2v) is 17.3. The van der Waals surface area contributed by atoms with Gasteiger partial charge in [-0.1, -0.05) is 79.1 Å². The van der Waals surface area contributed by atoms with E-state index in [4.69, 9.17) is 0 Å². The van der Waals surface area contributed by atoms with Crippen LogP contribution in [0.2, 0.25) is 0 Å². The van der Waals surface area contributed by atoms with E-state index in [1.807, 2.05) is 6.92 Å². The van der Waals surface area contributed by atoms with Crippen molar-refractivity contribution in [1.82, 2.24) is 36.1 Å². The van der Waals surface area contributed by atoms with Gasteiger partial charge in [0.25, 0.3) is 11.8 Å². The summed E-state index contributed by atoms with van der Waals surface area (Å²) in [5.41, 5.74) is -0.637. The predicted octanol–water partition coefficient (Wildman–Crippen LogP) is 3.47. The minimum atomic E-state index is -0.967. The van der Waals surface area contributed by atoms with Crippen LogP contribution in [0.4, 0.5) is 0 Å². The van der Waals surface area contributed by atoms with Crippen molar-refractivity contribution < 1.29 is 28.8 Å². The van der Waals surface area contributed by atoms with Crippen LogP contribution in [0.5, 0.6) is 0 Å². The first-order valence-corrected chi connectivity index (χ1v) is 20.2. The van der Waals surface area contributed by atoms with E-state index in [2.05, 4.69) is 52.0 Å². The molecule has 5 aliphatic rings. The first-order chi connectivity index (χ1) is 25.4. The Labute approximate surface area is 313 Å². The number of hydrogen-bond donors (Lipinski definition) is 4. The van der Waals surface area contributed by atoms with E-state index in [0.29, 0.717) is 25.9 Å². The number of hydrogen-bond acceptors (Lipinski definition) is 8. The van der Waals surface area contributed by atoms with Gasteiger partial charge < -0.3 is 26.2 Å². The molecule has 4 aliphatic carbocycles. The average molecular weight is 734 g/mol. The zero-order valence-corrected chi connectivity index (χ0v) is 32.0. The SMILES string of the molecule is CCCNC(=O)C(=O)C(CC1CC1)NC(=O)[C@@H]1[C@@H]2[C@H](CN1C(=O)[C@@H](NC(=O)[C@@H](NC(=O)c1cnccn1)C1CCCCC1)C1(C)CCCCC1)C2(C)C. The maximum atomic E-state index is 15.0. The number of piperidine rings is 1. The van der Waals surface area contributed by atoms with Gasteiger partial charge in [-0.2, -0.15) is 0 Å². The van der Waals surface area contributed by atoms with E-state index in [1.54, 1.807) is 4.90 Å². The largest absolute Gasteiger partial charge is 0.349 e. The standard InChI is InChI=1S/C40H59N7O6/c1-5-18-43-37(52)32(48)27(21-24-14-15-24)44-36(51)31-29-26(39(29,2)3)23-47(31)38(53)33(40(4)16-10-7-11-17-40)46-35(50)30(25-12-8-6-9-13-25)45-34(49)28-22-41-19-20-42-28/h19-20,22,24-27,29-31,33H,5-18,21,23H2,1-4H3,(H,43,52)(H,44,51)(H,45,49)(H,46,50)/t26-,27?,29-,30-,31-,33+/m0/s1. The lowest BCUT2D eigenvalue weighted by atomic mass is 9.69. The van der Waals surface area contributed by atoms with Crippen molar-refractivity contribution in [3.63, 3.8) is 0 Å². The highest BCUT2D eigenvalue weighted by Gasteiger charge is 2.70. The molecule has 4 saturated carbocycles. The van der Waals surface area contributed by atoms with Gasteiger partial charge in [0.1, 0.15) is 23.8 Å². The molecule has 4 N–H and O–H groups in total. The Balaban J connectivity index is 1.26. The fourth-order valence-corrected chi connectivity index (χ4v) is 9.55. The Bertz CT molecular complexity index is 1530. The lowest BCUT2D eigenvalue weighted by Gasteiger charge is -2.44. The summed E-state index contributed by atoms with van der Waals surface area (Å²) >= 11 is 0. The van der Waals surface area contributed by atoms with Gasteiger partial charge in [0.2, 0.25) is 23.5 Å². The van der Waals surface area contributed by atoms with Crippen LogP contribution < -0.4 is 21.3 Å². The predicted molar refractivity (Wildman–Crippen MR) is 197 cm³/mol. The van der Waals surface area contributed by atoms with Gasteiger partial charge in [0.15, 0.2) is 0 Å². The molecule has 6 atom stereocenters. The fraction of sp³-hybridized carbons (Fsp3) is 0.750. The van der Waals surface area contributed by atoms with E-state index in [0.717, 1.165) is 77.0 Å². The summed E-state index contributed by atoms with van der Waals surface area (Å²) in [5, 5.41) is 11.7. The third-order valence-electron chi connectivity index (χ3n) is 13.1. The topological polar surface area (TPSA) is 180 Å². The van der Waals surface area contributed by atoms with Crippen molar-refractivity contribution in [3.8, 4) is 0 Å². The second kappa shape index (κ2) is 16.2. The summed E-state index contributed by atoms with van der Waals surface area (Å²) in [6, 6.07) is -3.60. The molecular formula is C40H59N7O6. The fourth-order valence-electron chi connectivity index (χ4n) is 9.55. The number of rotatable bonds is 15. The summed E-state index contributed by atoms with van der Waals surface area (Å²) in [5.74, 6) is -2.84. The highest BCUT2D eigenvalue weighted by Crippen LogP contribution is 2.65. The molecule has 53 heavy (non-hydrogen) atoms. The number of fused-ring (bicyclic) bond motifs is 1. The number of ketones is 1. The van der Waals surface area contributed by atoms with Gasteiger partial charge in [-0.15, -0.1) is 0 Å². The molecule has 1 aromatic rings. The van der Waals surface area contributed by atoms with Crippen LogP contribution >= 0.6 is 0 Å². The maximum absolute atomic E-state index is 15.0. The lowest BCUT2D eigenvalue weighted by Crippen LogP contribution is -2.64. The first-order valence-electron chi connectivity index (χ1n) is 20.2. The van der Waals surface area contributed by atoms with Gasteiger partial charge in [-0.25, -0.2) is 4.98 Å². The molecule has 0 spiro atoms. The smallest absolute Gasteiger partial charge is 0.289 e. The van der Waals surface area contributed by atoms with Gasteiger partial charge >= 0.3 is 0 Å². The Morgan fingerprint density at radius 2 is 1.58 bits per heavy atom. The van der Waals surface area contributed by atoms with Crippen molar-refractivity contribution in [2.75, 3.05) is 13.1 Å². The van der Waals surface area contributed by atoms with E-state index in [-0.39, 0.29) is 40.7 Å². The van der Waals surface area contributed by atoms with Crippen LogP contribution in [0.3, 0.4) is 0 Å². The number of aromatic nitrogens is 2. The molecular weight excluding hydrogens is 674 g/mol. The molecule has 0 aromatic carbocycles. The van der Waals surface area contributed by atoms with Gasteiger partial charge in [0, 0.05) is 25.5 Å². The highest BCUT2D eigenvalue weighted by atomic mass is 16.2. The Morgan fingerprint density at radius 1 is 0.887 bits per heavy atom. The summed E-state index contributed by atoms with van der Waals surface area (Å²) in [6.07, 6.45) is 16.1. The van der Waals surface area contributed by atoms with Crippen molar-refractivity contribution >= 4 is 35.3 Å². The number of carbonyl (C=O) groups excluding carboxylic acids is 6. The van der Waals surface area contributed by atoms with Crippen LogP contribution in [0.25, 0.3) is 0 Å². The number of amides is 5. The molecule has 6 rings (SSSR count). The molecule has 0 bridgehead atoms. The van der Waals surface area contributed by atoms with E-state index in [9.17, 15) is 24.0 Å². The second-order valence-electron chi connectivity index (χ2n) is 17.3. The zero-order valence-electron chi connectivity index (χ0n) is 32.0. The monoisotopic (exact) mass is 733 g/mol. The third-order valence-corrected chi connectivity index (χ3v) is 13.1. The molecule has 1 aliphatic heterocycles. The Kier molecular flexibility index (Phi) is 11.9. The number of likely N-dealkylation sites (tertiary alicyclic amines) is 1. The lowest BCUT2D eigenvalue weighted by molar-refractivity contribution is -0.148. The summed E-state index contributed by atoms with van der Waals surface area (Å²) in [6.45, 7) is 8.90. The molecule has 2 heterocycles. The van der Waals surface area contributed by atoms with Crippen LogP contribution in [0.1, 0.15) is 128 Å². The van der Waals surface area contributed by atoms with Gasteiger partial charge in [-0.05, 0) is 73.0 Å². The summed E-state index contributed by atoms with van der Waals surface area (Å²) < 4.78 is 0. The normalized spacial score (nSPS) is 26.3. The summed E-state index contributed by atoms with van der Waals surface area (Å²) in [7, 11) is 0. The average Bonchev–Trinajstić information content (AvgIpc) is 4.02. The van der Waals surface area contributed by atoms with Crippen LogP contribution in [0.15, 0.2) is 18.6 Å². The molecule has 5 amide bonds. The minimum Gasteiger partial charge on any atom is -0.349 e. The highest BCUT2D eigenvalue weighted by molar-refractivity contribution is 6.38. The van der Waals surface area contributed by atoms with Crippen LogP contribution in [-0.4, -0.2) is 87.4 Å². The Morgan fingerprint density at radius 3 is 2.23 bits per heavy atom. The zero-order chi connectivity index (χ0) is 37.9. The van der Waals surface area contributed by atoms with Crippen molar-refractivity contribution in [2.45, 2.75) is 142 Å². The maximum Gasteiger partial charge on any atom is 0.289 e. The molecule has 13 heteroatoms. The molecule has 13 nitrogen and oxygen atoms in total. The molecule has 5 fully saturated rings. The van der Waals surface area contributed by atoms with E-state index in [1.165, 1.54) is 18.6 Å². The van der Waals surface area contributed by atoms with Crippen molar-refractivity contribution in [1.29, 1.82) is 0 Å². The molecule has 1 unspecified atom stereocenters. The van der Waals surface area contributed by atoms with E-state index < -0.39 is 59.0 Å². The van der Waals surface area contributed by atoms with E-state index >= 15 is 4.79 Å². The van der Waals surface area contributed by atoms with Gasteiger partial charge in [0.05, 0.1) is 12.2 Å². The molecule has 290 valence electrons. The minimum absolute atomic E-state index is 0.0874. The quantitative estimate of drug-likeness (QED) is 0.198. The molecule has 0 radical (unpaired) electrons. The van der Waals surface area contributed by atoms with Crippen molar-refractivity contribution in [3.05, 3.63) is 24.3 Å². The first kappa shape index (κ1) is 38.8. The number of nitrogens with zero attached hydrogens (tertiary/aromatic N) is 3. The van der Waals surface area contributed by atoms with Crippen LogP contribution in [0, 0.1) is 34.5 Å². The van der Waals surface area contributed by atoms with Crippen molar-refractivity contribution in [2.24, 2.45) is 34.5 Å². The third kappa shape index (κ3) is 8.59. The Hall–Kier alpha value is -3.90. The molecule has 1 aromatic heterocycles. The number of nitrogens with one attached hydrogen (secondary N) is 4. The molecule has 1 saturated heterocycles. The number of carbonyl (C=O) groups is 6. The number of Topliss-reactive ketones (excluding diaryl/α,β-unsaturated/α-hetero) is 1. The van der Waals surface area contributed by atoms with Gasteiger partial charge in [-0.3, -0.25) is 33.8 Å². The van der Waals surface area contributed by atoms with Crippen LogP contribution in [-0.2, 0) is 24.0 Å². The summed E-state index contributed by atoms with van der Waals surface area (Å²) in [4.78, 5) is 93.2.